The van der Waals surface area contributed by atoms with Gasteiger partial charge in [-0.15, -0.1) is 0 Å². The molecule has 0 saturated carbocycles. The van der Waals surface area contributed by atoms with Gasteiger partial charge in [-0.1, -0.05) is 30.3 Å². The second-order valence-electron chi connectivity index (χ2n) is 7.66. The number of rotatable bonds is 6. The molecule has 3 aromatic rings. The lowest BCUT2D eigenvalue weighted by Crippen LogP contribution is -2.21. The first-order chi connectivity index (χ1) is 14.3. The lowest BCUT2D eigenvalue weighted by Gasteiger charge is -2.28. The number of anilines is 1. The van der Waals surface area contributed by atoms with Crippen LogP contribution in [0.25, 0.3) is 0 Å². The number of methoxy groups -OCH3 is 1. The molecule has 2 aliphatic heterocycles. The van der Waals surface area contributed by atoms with E-state index in [1.807, 2.05) is 12.3 Å². The summed E-state index contributed by atoms with van der Waals surface area (Å²) < 4.78 is 13.2. The van der Waals surface area contributed by atoms with E-state index < -0.39 is 0 Å². The first kappa shape index (κ1) is 18.2. The predicted molar refractivity (Wildman–Crippen MR) is 111 cm³/mol. The quantitative estimate of drug-likeness (QED) is 0.646. The SMILES string of the molecule is COCCOc1cc([C@H]2CCc3nc4n(c3N2)C(c2ccccc2)CC4)ccn1. The van der Waals surface area contributed by atoms with Gasteiger partial charge in [0, 0.05) is 25.8 Å². The number of aryl methyl sites for hydroxylation is 2. The Hall–Kier alpha value is -2.86. The predicted octanol–water partition coefficient (Wildman–Crippen LogP) is 3.94. The van der Waals surface area contributed by atoms with Gasteiger partial charge in [0.2, 0.25) is 5.88 Å². The Labute approximate surface area is 170 Å². The standard InChI is InChI=1S/C23H26N4O2/c1-28-13-14-29-22-15-17(11-12-24-22)18-7-8-19-23(26-18)27-20(9-10-21(27)25-19)16-5-3-2-4-6-16/h2-6,11-12,15,18,20,26H,7-10,13-14H2,1H3/t18-,20?/m1/s1. The molecule has 4 heterocycles. The van der Waals surface area contributed by atoms with Gasteiger partial charge in [-0.05, 0) is 36.5 Å². The number of ether oxygens (including phenoxy) is 2. The zero-order valence-corrected chi connectivity index (χ0v) is 16.7. The van der Waals surface area contributed by atoms with Crippen LogP contribution < -0.4 is 10.1 Å². The molecule has 0 fully saturated rings. The van der Waals surface area contributed by atoms with Gasteiger partial charge in [0.25, 0.3) is 0 Å². The molecule has 2 aromatic heterocycles. The van der Waals surface area contributed by atoms with Crippen LogP contribution in [-0.4, -0.2) is 34.9 Å². The average Bonchev–Trinajstić information content (AvgIpc) is 3.34. The highest BCUT2D eigenvalue weighted by Gasteiger charge is 2.33. The number of nitrogens with zero attached hydrogens (tertiary/aromatic N) is 3. The molecule has 1 unspecified atom stereocenters. The Morgan fingerprint density at radius 2 is 1.97 bits per heavy atom. The normalized spacial score (nSPS) is 20.0. The molecule has 150 valence electrons. The summed E-state index contributed by atoms with van der Waals surface area (Å²) >= 11 is 0. The highest BCUT2D eigenvalue weighted by Crippen LogP contribution is 2.41. The first-order valence-corrected chi connectivity index (χ1v) is 10.3. The van der Waals surface area contributed by atoms with Crippen molar-refractivity contribution in [2.24, 2.45) is 0 Å². The number of aromatic nitrogens is 3. The van der Waals surface area contributed by atoms with Crippen molar-refractivity contribution < 1.29 is 9.47 Å². The third kappa shape index (κ3) is 3.49. The molecule has 5 rings (SSSR count). The minimum Gasteiger partial charge on any atom is -0.475 e. The van der Waals surface area contributed by atoms with Crippen LogP contribution in [0.3, 0.4) is 0 Å². The van der Waals surface area contributed by atoms with Crippen molar-refractivity contribution in [1.29, 1.82) is 0 Å². The van der Waals surface area contributed by atoms with Gasteiger partial charge in [-0.25, -0.2) is 9.97 Å². The zero-order valence-electron chi connectivity index (χ0n) is 16.7. The number of pyridine rings is 1. The number of benzene rings is 1. The number of imidazole rings is 1. The maximum absolute atomic E-state index is 5.70. The van der Waals surface area contributed by atoms with E-state index in [2.05, 4.69) is 51.3 Å². The molecule has 0 saturated heterocycles. The molecular formula is C23H26N4O2. The van der Waals surface area contributed by atoms with Gasteiger partial charge in [0.15, 0.2) is 0 Å². The van der Waals surface area contributed by atoms with Crippen LogP contribution in [-0.2, 0) is 17.6 Å². The minimum atomic E-state index is 0.230. The van der Waals surface area contributed by atoms with Gasteiger partial charge >= 0.3 is 0 Å². The van der Waals surface area contributed by atoms with E-state index in [1.54, 1.807) is 7.11 Å². The summed E-state index contributed by atoms with van der Waals surface area (Å²) in [5, 5.41) is 3.78. The minimum absolute atomic E-state index is 0.230. The average molecular weight is 390 g/mol. The van der Waals surface area contributed by atoms with Crippen molar-refractivity contribution in [3.63, 3.8) is 0 Å². The fraction of sp³-hybridized carbons (Fsp3) is 0.391. The molecule has 1 aromatic carbocycles. The van der Waals surface area contributed by atoms with Crippen molar-refractivity contribution in [2.45, 2.75) is 37.8 Å². The Morgan fingerprint density at radius 1 is 1.07 bits per heavy atom. The molecule has 0 radical (unpaired) electrons. The first-order valence-electron chi connectivity index (χ1n) is 10.3. The summed E-state index contributed by atoms with van der Waals surface area (Å²) in [6, 6.07) is 15.5. The van der Waals surface area contributed by atoms with Crippen LogP contribution in [0.1, 0.15) is 47.6 Å². The van der Waals surface area contributed by atoms with E-state index in [4.69, 9.17) is 14.5 Å². The van der Waals surface area contributed by atoms with Crippen molar-refractivity contribution in [1.82, 2.24) is 14.5 Å². The van der Waals surface area contributed by atoms with Gasteiger partial charge < -0.3 is 19.4 Å². The topological polar surface area (TPSA) is 61.2 Å². The summed E-state index contributed by atoms with van der Waals surface area (Å²) in [6.45, 7) is 1.06. The molecule has 29 heavy (non-hydrogen) atoms. The monoisotopic (exact) mass is 390 g/mol. The Balaban J connectivity index is 1.40. The molecule has 0 bridgehead atoms. The molecule has 6 heteroatoms. The van der Waals surface area contributed by atoms with Crippen molar-refractivity contribution in [3.8, 4) is 5.88 Å². The second-order valence-corrected chi connectivity index (χ2v) is 7.66. The van der Waals surface area contributed by atoms with E-state index in [9.17, 15) is 0 Å². The van der Waals surface area contributed by atoms with Gasteiger partial charge in [-0.2, -0.15) is 0 Å². The van der Waals surface area contributed by atoms with Crippen LogP contribution in [0.4, 0.5) is 5.82 Å². The Kier molecular flexibility index (Phi) is 4.94. The molecule has 0 aliphatic carbocycles. The number of nitrogens with one attached hydrogen (secondary N) is 1. The third-order valence-electron chi connectivity index (χ3n) is 5.87. The number of fused-ring (bicyclic) bond motifs is 3. The summed E-state index contributed by atoms with van der Waals surface area (Å²) in [5.74, 6) is 3.03. The maximum atomic E-state index is 5.70. The number of hydrogen-bond donors (Lipinski definition) is 1. The number of hydrogen-bond acceptors (Lipinski definition) is 5. The van der Waals surface area contributed by atoms with Crippen molar-refractivity contribution in [3.05, 3.63) is 71.3 Å². The van der Waals surface area contributed by atoms with Crippen molar-refractivity contribution in [2.75, 3.05) is 25.6 Å². The zero-order chi connectivity index (χ0) is 19.6. The van der Waals surface area contributed by atoms with Crippen LogP contribution in [0.5, 0.6) is 5.88 Å². The second kappa shape index (κ2) is 7.87. The fourth-order valence-corrected chi connectivity index (χ4v) is 4.47. The van der Waals surface area contributed by atoms with E-state index in [0.717, 1.165) is 25.7 Å². The van der Waals surface area contributed by atoms with Gasteiger partial charge in [0.1, 0.15) is 18.2 Å². The van der Waals surface area contributed by atoms with E-state index >= 15 is 0 Å². The molecule has 1 N–H and O–H groups in total. The van der Waals surface area contributed by atoms with Crippen LogP contribution in [0.15, 0.2) is 48.7 Å². The third-order valence-corrected chi connectivity index (χ3v) is 5.87. The Morgan fingerprint density at radius 3 is 2.83 bits per heavy atom. The smallest absolute Gasteiger partial charge is 0.213 e. The molecule has 0 spiro atoms. The lowest BCUT2D eigenvalue weighted by atomic mass is 9.98. The highest BCUT2D eigenvalue weighted by molar-refractivity contribution is 5.51. The van der Waals surface area contributed by atoms with Crippen LogP contribution in [0.2, 0.25) is 0 Å². The summed E-state index contributed by atoms with van der Waals surface area (Å²) in [6.07, 6.45) is 5.96. The summed E-state index contributed by atoms with van der Waals surface area (Å²) in [4.78, 5) is 9.28. The van der Waals surface area contributed by atoms with Gasteiger partial charge in [-0.3, -0.25) is 0 Å². The molecule has 2 atom stereocenters. The highest BCUT2D eigenvalue weighted by atomic mass is 16.5. The van der Waals surface area contributed by atoms with Crippen molar-refractivity contribution >= 4 is 5.82 Å². The summed E-state index contributed by atoms with van der Waals surface area (Å²) in [7, 11) is 1.67. The van der Waals surface area contributed by atoms with Gasteiger partial charge in [0.05, 0.1) is 24.4 Å². The summed E-state index contributed by atoms with van der Waals surface area (Å²) in [5.41, 5.74) is 3.75. The van der Waals surface area contributed by atoms with E-state index in [1.165, 1.54) is 28.5 Å². The fourth-order valence-electron chi connectivity index (χ4n) is 4.47. The molecule has 2 aliphatic rings. The van der Waals surface area contributed by atoms with E-state index in [-0.39, 0.29) is 6.04 Å². The molecular weight excluding hydrogens is 364 g/mol. The Bertz CT molecular complexity index is 986. The maximum Gasteiger partial charge on any atom is 0.213 e. The van der Waals surface area contributed by atoms with Crippen LogP contribution >= 0.6 is 0 Å². The lowest BCUT2D eigenvalue weighted by molar-refractivity contribution is 0.143. The van der Waals surface area contributed by atoms with Crippen LogP contribution in [0, 0.1) is 0 Å². The molecule has 6 nitrogen and oxygen atoms in total. The largest absolute Gasteiger partial charge is 0.475 e. The van der Waals surface area contributed by atoms with E-state index in [0.29, 0.717) is 25.1 Å². The molecule has 0 amide bonds.